The number of benzene rings is 1. The molecule has 0 bridgehead atoms. The van der Waals surface area contributed by atoms with Crippen LogP contribution in [-0.2, 0) is 21.4 Å². The van der Waals surface area contributed by atoms with Gasteiger partial charge in [0.05, 0.1) is 6.61 Å². The third-order valence-corrected chi connectivity index (χ3v) is 4.60. The minimum atomic E-state index is -4.15. The molecule has 1 aromatic rings. The minimum absolute atomic E-state index is 0.00670. The lowest BCUT2D eigenvalue weighted by Gasteiger charge is -2.18. The van der Waals surface area contributed by atoms with Crippen LogP contribution in [0.25, 0.3) is 0 Å². The van der Waals surface area contributed by atoms with Crippen molar-refractivity contribution in [3.63, 3.8) is 0 Å². The lowest BCUT2D eigenvalue weighted by atomic mass is 10.2. The normalized spacial score (nSPS) is 12.1. The Bertz CT molecular complexity index is 563. The van der Waals surface area contributed by atoms with Gasteiger partial charge < -0.3 is 9.84 Å². The predicted molar refractivity (Wildman–Crippen MR) is 68.6 cm³/mol. The summed E-state index contributed by atoms with van der Waals surface area (Å²) in [5.74, 6) is -2.75. The maximum atomic E-state index is 13.7. The molecular weight excluding hydrogens is 292 g/mol. The van der Waals surface area contributed by atoms with Crippen molar-refractivity contribution in [3.05, 3.63) is 29.3 Å². The third-order valence-electron chi connectivity index (χ3n) is 2.75. The Hall–Kier alpha value is -1.09. The second-order valence-corrected chi connectivity index (χ2v) is 6.23. The molecule has 0 atom stereocenters. The first-order valence-electron chi connectivity index (χ1n) is 5.88. The highest BCUT2D eigenvalue weighted by Gasteiger charge is 2.26. The molecule has 0 aliphatic rings. The van der Waals surface area contributed by atoms with Crippen molar-refractivity contribution in [2.75, 3.05) is 27.3 Å². The van der Waals surface area contributed by atoms with E-state index in [4.69, 9.17) is 9.84 Å². The van der Waals surface area contributed by atoms with E-state index in [0.717, 1.165) is 16.4 Å². The molecule has 0 fully saturated rings. The largest absolute Gasteiger partial charge is 0.392 e. The van der Waals surface area contributed by atoms with Crippen molar-refractivity contribution in [1.29, 1.82) is 0 Å². The van der Waals surface area contributed by atoms with Crippen molar-refractivity contribution in [2.24, 2.45) is 0 Å². The number of ether oxygens (including phenoxy) is 1. The maximum Gasteiger partial charge on any atom is 0.245 e. The van der Waals surface area contributed by atoms with E-state index in [1.54, 1.807) is 0 Å². The SMILES string of the molecule is COCCCN(C)S(=O)(=O)c1cc(CO)cc(F)c1F. The van der Waals surface area contributed by atoms with Gasteiger partial charge in [0.2, 0.25) is 10.0 Å². The van der Waals surface area contributed by atoms with Gasteiger partial charge in [-0.15, -0.1) is 0 Å². The first kappa shape index (κ1) is 17.0. The van der Waals surface area contributed by atoms with Gasteiger partial charge in [-0.1, -0.05) is 0 Å². The molecule has 0 aliphatic carbocycles. The number of hydrogen-bond donors (Lipinski definition) is 1. The summed E-state index contributed by atoms with van der Waals surface area (Å²) in [6.45, 7) is -0.110. The molecule has 1 aromatic carbocycles. The second kappa shape index (κ2) is 7.07. The van der Waals surface area contributed by atoms with Crippen molar-refractivity contribution in [1.82, 2.24) is 4.31 Å². The lowest BCUT2D eigenvalue weighted by molar-refractivity contribution is 0.189. The Morgan fingerprint density at radius 1 is 1.35 bits per heavy atom. The van der Waals surface area contributed by atoms with Crippen LogP contribution in [0.2, 0.25) is 0 Å². The molecule has 8 heteroatoms. The fourth-order valence-corrected chi connectivity index (χ4v) is 2.95. The average Bonchev–Trinajstić information content (AvgIpc) is 2.41. The summed E-state index contributed by atoms with van der Waals surface area (Å²) in [6.07, 6.45) is 0.427. The van der Waals surface area contributed by atoms with Crippen LogP contribution in [0.15, 0.2) is 17.0 Å². The second-order valence-electron chi connectivity index (χ2n) is 4.22. The molecule has 1 N–H and O–H groups in total. The summed E-state index contributed by atoms with van der Waals surface area (Å²) >= 11 is 0. The molecule has 0 radical (unpaired) electrons. The summed E-state index contributed by atoms with van der Waals surface area (Å²) in [4.78, 5) is -0.776. The summed E-state index contributed by atoms with van der Waals surface area (Å²) in [5.41, 5.74) is -0.00670. The van der Waals surface area contributed by atoms with Gasteiger partial charge in [-0.3, -0.25) is 0 Å². The van der Waals surface area contributed by atoms with Crippen LogP contribution in [0.1, 0.15) is 12.0 Å². The average molecular weight is 309 g/mol. The van der Waals surface area contributed by atoms with Crippen LogP contribution in [0.5, 0.6) is 0 Å². The van der Waals surface area contributed by atoms with E-state index in [1.165, 1.54) is 14.2 Å². The highest BCUT2D eigenvalue weighted by molar-refractivity contribution is 7.89. The number of aliphatic hydroxyl groups excluding tert-OH is 1. The molecule has 0 saturated heterocycles. The summed E-state index contributed by atoms with van der Waals surface area (Å²) in [5, 5.41) is 8.94. The number of halogens is 2. The van der Waals surface area contributed by atoms with Gasteiger partial charge in [0.1, 0.15) is 4.90 Å². The molecule has 20 heavy (non-hydrogen) atoms. The number of sulfonamides is 1. The number of aliphatic hydroxyl groups is 1. The standard InChI is InChI=1S/C12H17F2NO4S/c1-15(4-3-5-19-2)20(17,18)11-7-9(8-16)6-10(13)12(11)14/h6-7,16H,3-5,8H2,1-2H3. The zero-order chi connectivity index (χ0) is 15.3. The Morgan fingerprint density at radius 2 is 2.00 bits per heavy atom. The Morgan fingerprint density at radius 3 is 2.55 bits per heavy atom. The van der Waals surface area contributed by atoms with Crippen LogP contribution >= 0.6 is 0 Å². The summed E-state index contributed by atoms with van der Waals surface area (Å²) in [6, 6.07) is 1.69. The molecule has 0 unspecified atom stereocenters. The molecule has 0 aromatic heterocycles. The zero-order valence-electron chi connectivity index (χ0n) is 11.3. The molecule has 0 spiro atoms. The fourth-order valence-electron chi connectivity index (χ4n) is 1.62. The zero-order valence-corrected chi connectivity index (χ0v) is 12.1. The van der Waals surface area contributed by atoms with Crippen LogP contribution in [0.4, 0.5) is 8.78 Å². The van der Waals surface area contributed by atoms with E-state index in [2.05, 4.69) is 0 Å². The lowest BCUT2D eigenvalue weighted by Crippen LogP contribution is -2.29. The van der Waals surface area contributed by atoms with E-state index < -0.39 is 33.2 Å². The first-order valence-corrected chi connectivity index (χ1v) is 7.32. The highest BCUT2D eigenvalue weighted by atomic mass is 32.2. The van der Waals surface area contributed by atoms with Gasteiger partial charge in [-0.25, -0.2) is 21.5 Å². The van der Waals surface area contributed by atoms with Crippen LogP contribution in [0, 0.1) is 11.6 Å². The van der Waals surface area contributed by atoms with Crippen LogP contribution in [-0.4, -0.2) is 45.1 Å². The van der Waals surface area contributed by atoms with E-state index >= 15 is 0 Å². The number of rotatable bonds is 7. The van der Waals surface area contributed by atoms with Crippen molar-refractivity contribution in [3.8, 4) is 0 Å². The molecule has 0 heterocycles. The van der Waals surface area contributed by atoms with Gasteiger partial charge in [0.25, 0.3) is 0 Å². The monoisotopic (exact) mass is 309 g/mol. The quantitative estimate of drug-likeness (QED) is 0.766. The molecule has 0 aliphatic heterocycles. The smallest absolute Gasteiger partial charge is 0.245 e. The highest BCUT2D eigenvalue weighted by Crippen LogP contribution is 2.22. The van der Waals surface area contributed by atoms with Crippen LogP contribution in [0.3, 0.4) is 0 Å². The van der Waals surface area contributed by atoms with Crippen molar-refractivity contribution in [2.45, 2.75) is 17.9 Å². The fraction of sp³-hybridized carbons (Fsp3) is 0.500. The van der Waals surface area contributed by atoms with Gasteiger partial charge in [-0.2, -0.15) is 0 Å². The molecular formula is C12H17F2NO4S. The third kappa shape index (κ3) is 3.72. The van der Waals surface area contributed by atoms with Gasteiger partial charge in [0, 0.05) is 27.3 Å². The minimum Gasteiger partial charge on any atom is -0.392 e. The van der Waals surface area contributed by atoms with Crippen molar-refractivity contribution >= 4 is 10.0 Å². The molecule has 1 rings (SSSR count). The molecule has 5 nitrogen and oxygen atoms in total. The van der Waals surface area contributed by atoms with Crippen molar-refractivity contribution < 1.29 is 27.0 Å². The Kier molecular flexibility index (Phi) is 6.00. The number of methoxy groups -OCH3 is 1. The Labute approximate surface area is 116 Å². The predicted octanol–water partition coefficient (Wildman–Crippen LogP) is 1.11. The Balaban J connectivity index is 3.11. The van der Waals surface area contributed by atoms with E-state index in [1.807, 2.05) is 0 Å². The van der Waals surface area contributed by atoms with Crippen LogP contribution < -0.4 is 0 Å². The number of nitrogens with zero attached hydrogens (tertiary/aromatic N) is 1. The molecule has 114 valence electrons. The van der Waals surface area contributed by atoms with E-state index in [0.29, 0.717) is 13.0 Å². The molecule has 0 amide bonds. The van der Waals surface area contributed by atoms with E-state index in [9.17, 15) is 17.2 Å². The summed E-state index contributed by atoms with van der Waals surface area (Å²) < 4.78 is 57.1. The first-order chi connectivity index (χ1) is 9.34. The summed E-state index contributed by atoms with van der Waals surface area (Å²) in [7, 11) is -1.40. The molecule has 0 saturated carbocycles. The maximum absolute atomic E-state index is 13.7. The van der Waals surface area contributed by atoms with E-state index in [-0.39, 0.29) is 12.1 Å². The number of hydrogen-bond acceptors (Lipinski definition) is 4. The van der Waals surface area contributed by atoms with Gasteiger partial charge in [-0.05, 0) is 24.1 Å². The van der Waals surface area contributed by atoms with Gasteiger partial charge >= 0.3 is 0 Å². The van der Waals surface area contributed by atoms with Gasteiger partial charge in [0.15, 0.2) is 11.6 Å². The topological polar surface area (TPSA) is 66.8 Å².